The number of carbonyl (C=O) groups excluding carboxylic acids is 1. The van der Waals surface area contributed by atoms with Gasteiger partial charge in [0, 0.05) is 47.7 Å². The third-order valence-electron chi connectivity index (χ3n) is 6.33. The summed E-state index contributed by atoms with van der Waals surface area (Å²) >= 11 is 0. The van der Waals surface area contributed by atoms with Crippen molar-refractivity contribution in [2.45, 2.75) is 38.0 Å². The topological polar surface area (TPSA) is 129 Å². The molecule has 0 unspecified atom stereocenters. The van der Waals surface area contributed by atoms with Crippen molar-refractivity contribution in [3.05, 3.63) is 106 Å². The number of hydrogen-bond acceptors (Lipinski definition) is 6. The second-order valence-corrected chi connectivity index (χ2v) is 8.82. The van der Waals surface area contributed by atoms with Crippen LogP contribution >= 0.6 is 0 Å². The Labute approximate surface area is 219 Å². The first-order chi connectivity index (χ1) is 18.5. The minimum atomic E-state index is -1.40. The van der Waals surface area contributed by atoms with Gasteiger partial charge in [-0.3, -0.25) is 4.79 Å². The molecule has 0 radical (unpaired) electrons. The van der Waals surface area contributed by atoms with Crippen molar-refractivity contribution in [2.24, 2.45) is 10.1 Å². The first-order valence-electron chi connectivity index (χ1n) is 12.2. The number of nitrogens with one attached hydrogen (secondary N) is 1. The fourth-order valence-electron chi connectivity index (χ4n) is 4.21. The average Bonchev–Trinajstić information content (AvgIpc) is 3.26. The zero-order valence-corrected chi connectivity index (χ0v) is 20.9. The highest BCUT2D eigenvalue weighted by atomic mass is 19.1. The number of aliphatic hydroxyl groups is 1. The zero-order valence-electron chi connectivity index (χ0n) is 20.9. The van der Waals surface area contributed by atoms with E-state index in [2.05, 4.69) is 15.3 Å². The van der Waals surface area contributed by atoms with E-state index in [1.54, 1.807) is 73.7 Å². The molecule has 0 fully saturated rings. The number of nitrogens with zero attached hydrogens (tertiary/aromatic N) is 4. The molecule has 10 heteroatoms. The average molecular weight is 518 g/mol. The van der Waals surface area contributed by atoms with Crippen LogP contribution in [0.5, 0.6) is 5.75 Å². The summed E-state index contributed by atoms with van der Waals surface area (Å²) in [7, 11) is 0. The molecule has 1 aliphatic rings. The van der Waals surface area contributed by atoms with Gasteiger partial charge in [-0.2, -0.15) is 0 Å². The molecule has 0 saturated heterocycles. The summed E-state index contributed by atoms with van der Waals surface area (Å²) in [5.74, 6) is 0.0486. The lowest BCUT2D eigenvalue weighted by molar-refractivity contribution is -0.128. The Bertz CT molecular complexity index is 1360. The van der Waals surface area contributed by atoms with Crippen molar-refractivity contribution in [3.63, 3.8) is 0 Å². The molecule has 1 amide bonds. The summed E-state index contributed by atoms with van der Waals surface area (Å²) in [5.41, 5.74) is 9.62. The highest BCUT2D eigenvalue weighted by molar-refractivity contribution is 6.01. The molecule has 0 aromatic heterocycles. The maximum absolute atomic E-state index is 14.2. The summed E-state index contributed by atoms with van der Waals surface area (Å²) in [6.45, 7) is 2.16. The van der Waals surface area contributed by atoms with Crippen LogP contribution in [0.2, 0.25) is 0 Å². The third kappa shape index (κ3) is 5.94. The molecule has 2 atom stereocenters. The van der Waals surface area contributed by atoms with E-state index in [-0.39, 0.29) is 25.5 Å². The number of azide groups is 1. The quantitative estimate of drug-likeness (QED) is 0.161. The van der Waals surface area contributed by atoms with Crippen molar-refractivity contribution in [1.29, 1.82) is 0 Å². The molecule has 0 saturated carbocycles. The first-order valence-corrected chi connectivity index (χ1v) is 12.2. The van der Waals surface area contributed by atoms with Gasteiger partial charge in [0.05, 0.1) is 6.61 Å². The van der Waals surface area contributed by atoms with E-state index in [4.69, 9.17) is 25.1 Å². The molecule has 0 bridgehead atoms. The minimum Gasteiger partial charge on any atom is -0.494 e. The number of carbonyl (C=O) groups is 1. The van der Waals surface area contributed by atoms with Crippen molar-refractivity contribution in [1.82, 2.24) is 5.32 Å². The molecule has 38 heavy (non-hydrogen) atoms. The minimum absolute atomic E-state index is 0.0251. The van der Waals surface area contributed by atoms with Crippen molar-refractivity contribution >= 4 is 17.5 Å². The molecule has 196 valence electrons. The van der Waals surface area contributed by atoms with Crippen LogP contribution in [0.4, 0.5) is 10.1 Å². The van der Waals surface area contributed by atoms with E-state index < -0.39 is 23.4 Å². The first kappa shape index (κ1) is 26.7. The predicted octanol–water partition coefficient (Wildman–Crippen LogP) is 4.99. The lowest BCUT2D eigenvalue weighted by atomic mass is 9.85. The number of aliphatic imine (C=N–C) groups is 1. The third-order valence-corrected chi connectivity index (χ3v) is 6.33. The molecule has 9 nitrogen and oxygen atoms in total. The molecule has 0 spiro atoms. The Kier molecular flexibility index (Phi) is 8.58. The van der Waals surface area contributed by atoms with Gasteiger partial charge in [0.2, 0.25) is 5.90 Å². The van der Waals surface area contributed by atoms with Gasteiger partial charge in [0.15, 0.2) is 5.54 Å². The van der Waals surface area contributed by atoms with E-state index in [9.17, 15) is 9.18 Å². The largest absolute Gasteiger partial charge is 0.494 e. The smallest absolute Gasteiger partial charge is 0.252 e. The van der Waals surface area contributed by atoms with Gasteiger partial charge < -0.3 is 19.9 Å². The van der Waals surface area contributed by atoms with E-state index >= 15 is 0 Å². The molecule has 1 heterocycles. The maximum Gasteiger partial charge on any atom is 0.252 e. The second-order valence-electron chi connectivity index (χ2n) is 8.82. The summed E-state index contributed by atoms with van der Waals surface area (Å²) in [4.78, 5) is 21.4. The van der Waals surface area contributed by atoms with Crippen LogP contribution in [0.15, 0.2) is 82.9 Å². The van der Waals surface area contributed by atoms with E-state index in [0.29, 0.717) is 41.2 Å². The van der Waals surface area contributed by atoms with Crippen molar-refractivity contribution < 1.29 is 23.8 Å². The van der Waals surface area contributed by atoms with Gasteiger partial charge in [0.1, 0.15) is 17.7 Å². The molecule has 0 aliphatic carbocycles. The summed E-state index contributed by atoms with van der Waals surface area (Å²) in [5, 5.41) is 15.5. The second kappa shape index (κ2) is 12.2. The highest BCUT2D eigenvalue weighted by Crippen LogP contribution is 2.35. The van der Waals surface area contributed by atoms with Gasteiger partial charge in [-0.1, -0.05) is 47.6 Å². The van der Waals surface area contributed by atoms with Crippen LogP contribution in [-0.2, 0) is 22.5 Å². The van der Waals surface area contributed by atoms with Gasteiger partial charge in [0.25, 0.3) is 5.91 Å². The summed E-state index contributed by atoms with van der Waals surface area (Å²) < 4.78 is 25.9. The van der Waals surface area contributed by atoms with Crippen LogP contribution in [-0.4, -0.2) is 41.8 Å². The lowest BCUT2D eigenvalue weighted by Crippen LogP contribution is -2.52. The van der Waals surface area contributed by atoms with Crippen LogP contribution in [0.1, 0.15) is 30.0 Å². The number of amides is 1. The Balaban J connectivity index is 1.66. The van der Waals surface area contributed by atoms with Crippen LogP contribution in [0.25, 0.3) is 10.4 Å². The fourth-order valence-corrected chi connectivity index (χ4v) is 4.21. The number of aliphatic hydroxyl groups excluding tert-OH is 1. The van der Waals surface area contributed by atoms with E-state index in [0.717, 1.165) is 0 Å². The van der Waals surface area contributed by atoms with Crippen molar-refractivity contribution in [2.75, 3.05) is 13.2 Å². The van der Waals surface area contributed by atoms with Gasteiger partial charge in [-0.05, 0) is 48.4 Å². The number of benzene rings is 3. The Morgan fingerprint density at radius 3 is 2.58 bits per heavy atom. The number of rotatable bonds is 11. The van der Waals surface area contributed by atoms with E-state index in [1.165, 1.54) is 6.07 Å². The molecular weight excluding hydrogens is 489 g/mol. The number of ether oxygens (including phenoxy) is 2. The molecule has 3 aromatic carbocycles. The van der Waals surface area contributed by atoms with Crippen LogP contribution < -0.4 is 10.1 Å². The normalized spacial score (nSPS) is 18.2. The molecule has 3 aromatic rings. The highest BCUT2D eigenvalue weighted by Gasteiger charge is 2.50. The summed E-state index contributed by atoms with van der Waals surface area (Å²) in [6.07, 6.45) is -0.0624. The van der Waals surface area contributed by atoms with Crippen molar-refractivity contribution in [3.8, 4) is 5.75 Å². The fraction of sp³-hybridized carbons (Fsp3) is 0.286. The molecule has 4 rings (SSSR count). The number of hydrogen-bond donors (Lipinski definition) is 2. The standard InChI is InChI=1S/C28H28FN5O4/c1-19-28(17-21-7-3-5-10-25(21)33-34-30,27(36)31-18-22-8-2-4-9-24(22)29)32-26(38-19)20-11-13-23(14-12-20)37-16-6-15-35/h2-5,7-14,19,35H,6,15-18H2,1H3,(H,31,36)/t19-,28-/m1/s1. The Morgan fingerprint density at radius 2 is 1.87 bits per heavy atom. The van der Waals surface area contributed by atoms with Crippen LogP contribution in [0.3, 0.4) is 0 Å². The summed E-state index contributed by atoms with van der Waals surface area (Å²) in [6, 6.07) is 20.3. The molecular formula is C28H28FN5O4. The van der Waals surface area contributed by atoms with Gasteiger partial charge >= 0.3 is 0 Å². The molecule has 1 aliphatic heterocycles. The van der Waals surface area contributed by atoms with E-state index in [1.807, 2.05) is 0 Å². The van der Waals surface area contributed by atoms with Gasteiger partial charge in [-0.15, -0.1) is 0 Å². The Morgan fingerprint density at radius 1 is 1.16 bits per heavy atom. The van der Waals surface area contributed by atoms with Crippen LogP contribution in [0, 0.1) is 5.82 Å². The lowest BCUT2D eigenvalue weighted by Gasteiger charge is -2.28. The molecule has 2 N–H and O–H groups in total. The predicted molar refractivity (Wildman–Crippen MR) is 141 cm³/mol. The van der Waals surface area contributed by atoms with Gasteiger partial charge in [-0.25, -0.2) is 9.38 Å². The zero-order chi connectivity index (χ0) is 27.0. The Hall–Kier alpha value is -4.40. The maximum atomic E-state index is 14.2. The SMILES string of the molecule is C[C@H]1OC(c2ccc(OCCCO)cc2)=N[C@@]1(Cc1ccccc1N=[N+]=[N-])C(=O)NCc1ccccc1F. The monoisotopic (exact) mass is 517 g/mol. The number of halogens is 1.